The smallest absolute Gasteiger partial charge is 0.550 e. The molecule has 0 aromatic heterocycles. The Morgan fingerprint density at radius 1 is 1.43 bits per heavy atom. The van der Waals surface area contributed by atoms with Crippen molar-refractivity contribution in [1.82, 2.24) is 0 Å². The van der Waals surface area contributed by atoms with E-state index in [1.807, 2.05) is 0 Å². The Bertz CT molecular complexity index is 204. The maximum absolute atomic E-state index is 11.3. The summed E-state index contributed by atoms with van der Waals surface area (Å²) in [6.07, 6.45) is 5.16. The molecule has 0 aliphatic heterocycles. The largest absolute Gasteiger partial charge is 1.00 e. The maximum Gasteiger partial charge on any atom is 1.00 e. The van der Waals surface area contributed by atoms with E-state index in [0.29, 0.717) is 18.6 Å². The number of hydrogen-bond acceptors (Lipinski definition) is 3. The number of carboxylic acid groups (broad SMARTS) is 1. The van der Waals surface area contributed by atoms with Gasteiger partial charge < -0.3 is 9.90 Å². The minimum atomic E-state index is -1.01. The van der Waals surface area contributed by atoms with Crippen LogP contribution in [-0.4, -0.2) is 11.8 Å². The van der Waals surface area contributed by atoms with E-state index < -0.39 is 5.97 Å². The third-order valence-corrected chi connectivity index (χ3v) is 2.61. The molecule has 1 saturated carbocycles. The number of carboxylic acids is 1. The van der Waals surface area contributed by atoms with Crippen LogP contribution >= 0.6 is 0 Å². The maximum atomic E-state index is 11.3. The summed E-state index contributed by atoms with van der Waals surface area (Å²) in [6.45, 7) is 0. The average Bonchev–Trinajstić information content (AvgIpc) is 2.08. The Kier molecular flexibility index (Phi) is 7.15. The molecule has 1 unspecified atom stereocenters. The Hall–Kier alpha value is -0.120. The summed E-state index contributed by atoms with van der Waals surface area (Å²) in [5.41, 5.74) is 0. The van der Waals surface area contributed by atoms with E-state index in [9.17, 15) is 14.7 Å². The Labute approximate surface area is 99.8 Å². The third-order valence-electron chi connectivity index (χ3n) is 2.61. The fourth-order valence-corrected chi connectivity index (χ4v) is 1.85. The Morgan fingerprint density at radius 3 is 2.71 bits per heavy atom. The molecule has 4 heteroatoms. The van der Waals surface area contributed by atoms with Crippen LogP contribution in [0.4, 0.5) is 0 Å². The number of carbonyl (C=O) groups excluding carboxylic acids is 2. The topological polar surface area (TPSA) is 57.2 Å². The van der Waals surface area contributed by atoms with Crippen molar-refractivity contribution in [2.24, 2.45) is 5.92 Å². The Morgan fingerprint density at radius 2 is 2.14 bits per heavy atom. The number of carbonyl (C=O) groups is 2. The van der Waals surface area contributed by atoms with Crippen molar-refractivity contribution < 1.29 is 37.1 Å². The van der Waals surface area contributed by atoms with E-state index >= 15 is 0 Å². The summed E-state index contributed by atoms with van der Waals surface area (Å²) in [7, 11) is 0. The first-order valence-corrected chi connectivity index (χ1v) is 4.92. The van der Waals surface area contributed by atoms with Crippen molar-refractivity contribution in [2.75, 3.05) is 0 Å². The summed E-state index contributed by atoms with van der Waals surface area (Å²) in [5.74, 6) is -0.555. The SMILES string of the molecule is O=C([O-])CCCC1CCCCC1=O.[Ag+]. The minimum absolute atomic E-state index is 0. The molecule has 0 aromatic rings. The number of aliphatic carboxylic acids is 1. The summed E-state index contributed by atoms with van der Waals surface area (Å²) < 4.78 is 0. The predicted molar refractivity (Wildman–Crippen MR) is 45.8 cm³/mol. The van der Waals surface area contributed by atoms with E-state index in [1.54, 1.807) is 0 Å². The van der Waals surface area contributed by atoms with Gasteiger partial charge in [-0.05, 0) is 32.1 Å². The van der Waals surface area contributed by atoms with Crippen LogP contribution in [0.5, 0.6) is 0 Å². The number of Topliss-reactive ketones (excluding diaryl/α,β-unsaturated/α-hetero) is 1. The summed E-state index contributed by atoms with van der Waals surface area (Å²) in [6, 6.07) is 0. The second-order valence-corrected chi connectivity index (χ2v) is 3.67. The van der Waals surface area contributed by atoms with Gasteiger partial charge in [0, 0.05) is 18.3 Å². The van der Waals surface area contributed by atoms with Gasteiger partial charge in [0.1, 0.15) is 5.78 Å². The van der Waals surface area contributed by atoms with Gasteiger partial charge in [0.2, 0.25) is 0 Å². The van der Waals surface area contributed by atoms with Crippen molar-refractivity contribution in [1.29, 1.82) is 0 Å². The zero-order valence-electron chi connectivity index (χ0n) is 8.05. The zero-order valence-corrected chi connectivity index (χ0v) is 9.54. The summed E-state index contributed by atoms with van der Waals surface area (Å²) in [5, 5.41) is 10.1. The van der Waals surface area contributed by atoms with Gasteiger partial charge in [0.05, 0.1) is 0 Å². The average molecular weight is 291 g/mol. The molecular weight excluding hydrogens is 276 g/mol. The standard InChI is InChI=1S/C10H16O3.Ag/c11-9-6-2-1-4-8(9)5-3-7-10(12)13;/h8H,1-7H2,(H,12,13);/q;+1/p-1. The first kappa shape index (κ1) is 13.9. The second kappa shape index (κ2) is 7.21. The van der Waals surface area contributed by atoms with Crippen LogP contribution < -0.4 is 5.11 Å². The van der Waals surface area contributed by atoms with Crippen LogP contribution in [0.25, 0.3) is 0 Å². The molecule has 0 radical (unpaired) electrons. The third kappa shape index (κ3) is 4.94. The zero-order chi connectivity index (χ0) is 9.68. The Balaban J connectivity index is 0.00000169. The molecule has 0 N–H and O–H groups in total. The molecule has 0 aromatic carbocycles. The molecule has 0 saturated heterocycles. The van der Waals surface area contributed by atoms with E-state index in [0.717, 1.165) is 25.7 Å². The molecule has 3 nitrogen and oxygen atoms in total. The molecule has 1 atom stereocenters. The number of rotatable bonds is 4. The monoisotopic (exact) mass is 290 g/mol. The van der Waals surface area contributed by atoms with Gasteiger partial charge in [-0.1, -0.05) is 6.42 Å². The van der Waals surface area contributed by atoms with Gasteiger partial charge in [-0.3, -0.25) is 4.79 Å². The molecule has 14 heavy (non-hydrogen) atoms. The fourth-order valence-electron chi connectivity index (χ4n) is 1.85. The molecule has 1 fully saturated rings. The van der Waals surface area contributed by atoms with Gasteiger partial charge in [-0.15, -0.1) is 0 Å². The van der Waals surface area contributed by atoms with Crippen LogP contribution in [0.2, 0.25) is 0 Å². The van der Waals surface area contributed by atoms with Crippen LogP contribution in [0.3, 0.4) is 0 Å². The van der Waals surface area contributed by atoms with Crippen LogP contribution in [0.15, 0.2) is 0 Å². The van der Waals surface area contributed by atoms with Gasteiger partial charge in [0.15, 0.2) is 0 Å². The van der Waals surface area contributed by atoms with Gasteiger partial charge in [0.25, 0.3) is 0 Å². The van der Waals surface area contributed by atoms with Crippen LogP contribution in [0, 0.1) is 5.92 Å². The van der Waals surface area contributed by atoms with Crippen molar-refractivity contribution in [3.63, 3.8) is 0 Å². The number of hydrogen-bond donors (Lipinski definition) is 0. The molecule has 0 heterocycles. The number of ketones is 1. The molecular formula is C10H15AgO3. The van der Waals surface area contributed by atoms with Crippen molar-refractivity contribution in [3.8, 4) is 0 Å². The molecule has 1 rings (SSSR count). The molecule has 1 aliphatic rings. The molecule has 1 aliphatic carbocycles. The predicted octanol–water partition coefficient (Wildman–Crippen LogP) is 0.663. The molecule has 84 valence electrons. The summed E-state index contributed by atoms with van der Waals surface area (Å²) in [4.78, 5) is 21.4. The van der Waals surface area contributed by atoms with Crippen molar-refractivity contribution in [3.05, 3.63) is 0 Å². The first-order chi connectivity index (χ1) is 6.20. The van der Waals surface area contributed by atoms with E-state index in [1.165, 1.54) is 0 Å². The minimum Gasteiger partial charge on any atom is -0.550 e. The summed E-state index contributed by atoms with van der Waals surface area (Å²) >= 11 is 0. The van der Waals surface area contributed by atoms with E-state index in [2.05, 4.69) is 0 Å². The van der Waals surface area contributed by atoms with E-state index in [-0.39, 0.29) is 34.7 Å². The quantitative estimate of drug-likeness (QED) is 0.715. The van der Waals surface area contributed by atoms with Crippen molar-refractivity contribution in [2.45, 2.75) is 44.9 Å². The molecule has 0 amide bonds. The van der Waals surface area contributed by atoms with E-state index in [4.69, 9.17) is 0 Å². The fraction of sp³-hybridized carbons (Fsp3) is 0.800. The molecule has 0 bridgehead atoms. The first-order valence-electron chi connectivity index (χ1n) is 4.92. The van der Waals surface area contributed by atoms with Gasteiger partial charge in [-0.2, -0.15) is 0 Å². The normalized spacial score (nSPS) is 21.4. The van der Waals surface area contributed by atoms with Crippen LogP contribution in [0.1, 0.15) is 44.9 Å². The van der Waals surface area contributed by atoms with Crippen LogP contribution in [-0.2, 0) is 32.0 Å². The molecule has 0 spiro atoms. The van der Waals surface area contributed by atoms with Crippen molar-refractivity contribution >= 4 is 11.8 Å². The second-order valence-electron chi connectivity index (χ2n) is 3.67. The van der Waals surface area contributed by atoms with Gasteiger partial charge in [-0.25, -0.2) is 0 Å². The van der Waals surface area contributed by atoms with Gasteiger partial charge >= 0.3 is 22.4 Å².